The van der Waals surface area contributed by atoms with E-state index in [2.05, 4.69) is 11.4 Å². The molecule has 1 saturated heterocycles. The summed E-state index contributed by atoms with van der Waals surface area (Å²) in [6, 6.07) is 7.60. The minimum Gasteiger partial charge on any atom is -0.497 e. The van der Waals surface area contributed by atoms with E-state index >= 15 is 0 Å². The van der Waals surface area contributed by atoms with Crippen LogP contribution in [0.15, 0.2) is 18.2 Å². The topological polar surface area (TPSA) is 54.3 Å². The molecule has 1 aliphatic heterocycles. The standard InChI is InChI=1S/C14H18N2O2/c1-17-13-5-4-11(10-15)14(9-13)16-7-6-12-3-2-8-18-12/h4-5,9,12,16H,2-3,6-8H2,1H3. The van der Waals surface area contributed by atoms with Crippen LogP contribution in [-0.4, -0.2) is 26.4 Å². The first-order chi connectivity index (χ1) is 8.83. The lowest BCUT2D eigenvalue weighted by molar-refractivity contribution is 0.107. The molecule has 1 fully saturated rings. The van der Waals surface area contributed by atoms with Gasteiger partial charge in [0.2, 0.25) is 0 Å². The first kappa shape index (κ1) is 12.7. The Morgan fingerprint density at radius 1 is 1.56 bits per heavy atom. The maximum absolute atomic E-state index is 9.04. The molecule has 4 heteroatoms. The Morgan fingerprint density at radius 3 is 3.11 bits per heavy atom. The molecule has 1 atom stereocenters. The Kier molecular flexibility index (Phi) is 4.43. The quantitative estimate of drug-likeness (QED) is 0.867. The number of hydrogen-bond acceptors (Lipinski definition) is 4. The van der Waals surface area contributed by atoms with Crippen LogP contribution in [0.5, 0.6) is 5.75 Å². The zero-order valence-electron chi connectivity index (χ0n) is 10.6. The fraction of sp³-hybridized carbons (Fsp3) is 0.500. The van der Waals surface area contributed by atoms with Gasteiger partial charge in [0.25, 0.3) is 0 Å². The number of nitrogens with zero attached hydrogens (tertiary/aromatic N) is 1. The molecule has 0 bridgehead atoms. The van der Waals surface area contributed by atoms with Gasteiger partial charge in [0.15, 0.2) is 0 Å². The van der Waals surface area contributed by atoms with Crippen LogP contribution in [0, 0.1) is 11.3 Å². The molecule has 1 aromatic carbocycles. The SMILES string of the molecule is COc1ccc(C#N)c(NCCC2CCCO2)c1. The summed E-state index contributed by atoms with van der Waals surface area (Å²) in [5, 5.41) is 12.3. The first-order valence-electron chi connectivity index (χ1n) is 6.27. The second kappa shape index (κ2) is 6.27. The number of rotatable bonds is 5. The molecule has 0 saturated carbocycles. The van der Waals surface area contributed by atoms with Gasteiger partial charge in [-0.25, -0.2) is 0 Å². The van der Waals surface area contributed by atoms with Crippen LogP contribution < -0.4 is 10.1 Å². The van der Waals surface area contributed by atoms with E-state index in [4.69, 9.17) is 14.7 Å². The number of anilines is 1. The third kappa shape index (κ3) is 3.14. The lowest BCUT2D eigenvalue weighted by atomic mass is 10.1. The molecule has 96 valence electrons. The van der Waals surface area contributed by atoms with Crippen LogP contribution >= 0.6 is 0 Å². The van der Waals surface area contributed by atoms with Crippen LogP contribution in [0.2, 0.25) is 0 Å². The molecule has 1 heterocycles. The van der Waals surface area contributed by atoms with Crippen LogP contribution in [0.25, 0.3) is 0 Å². The Labute approximate surface area is 108 Å². The summed E-state index contributed by atoms with van der Waals surface area (Å²) in [6.45, 7) is 1.69. The third-order valence-electron chi connectivity index (χ3n) is 3.15. The molecule has 0 aromatic heterocycles. The van der Waals surface area contributed by atoms with Crippen molar-refractivity contribution in [3.63, 3.8) is 0 Å². The molecule has 0 radical (unpaired) electrons. The van der Waals surface area contributed by atoms with Gasteiger partial charge >= 0.3 is 0 Å². The Balaban J connectivity index is 1.92. The van der Waals surface area contributed by atoms with E-state index in [1.165, 1.54) is 0 Å². The van der Waals surface area contributed by atoms with Crippen molar-refractivity contribution in [2.45, 2.75) is 25.4 Å². The summed E-state index contributed by atoms with van der Waals surface area (Å²) in [5.74, 6) is 0.758. The lowest BCUT2D eigenvalue weighted by Crippen LogP contribution is -2.13. The fourth-order valence-corrected chi connectivity index (χ4v) is 2.13. The van der Waals surface area contributed by atoms with E-state index in [1.807, 2.05) is 6.07 Å². The highest BCUT2D eigenvalue weighted by molar-refractivity contribution is 5.60. The predicted molar refractivity (Wildman–Crippen MR) is 69.8 cm³/mol. The summed E-state index contributed by atoms with van der Waals surface area (Å²) in [4.78, 5) is 0. The predicted octanol–water partition coefficient (Wildman–Crippen LogP) is 2.55. The van der Waals surface area contributed by atoms with E-state index in [0.29, 0.717) is 11.7 Å². The van der Waals surface area contributed by atoms with Gasteiger partial charge < -0.3 is 14.8 Å². The smallest absolute Gasteiger partial charge is 0.121 e. The third-order valence-corrected chi connectivity index (χ3v) is 3.15. The minimum atomic E-state index is 0.369. The van der Waals surface area contributed by atoms with E-state index < -0.39 is 0 Å². The zero-order valence-corrected chi connectivity index (χ0v) is 10.6. The van der Waals surface area contributed by atoms with Gasteiger partial charge in [-0.2, -0.15) is 5.26 Å². The van der Waals surface area contributed by atoms with E-state index in [-0.39, 0.29) is 0 Å². The minimum absolute atomic E-state index is 0.369. The molecule has 0 aliphatic carbocycles. The van der Waals surface area contributed by atoms with Crippen molar-refractivity contribution in [2.75, 3.05) is 25.6 Å². The van der Waals surface area contributed by atoms with E-state index in [9.17, 15) is 0 Å². The van der Waals surface area contributed by atoms with Gasteiger partial charge in [-0.05, 0) is 31.4 Å². The number of benzene rings is 1. The van der Waals surface area contributed by atoms with Gasteiger partial charge in [-0.3, -0.25) is 0 Å². The molecule has 1 aliphatic rings. The molecular formula is C14H18N2O2. The van der Waals surface area contributed by atoms with Gasteiger partial charge in [-0.15, -0.1) is 0 Å². The average Bonchev–Trinajstić information content (AvgIpc) is 2.92. The first-order valence-corrected chi connectivity index (χ1v) is 6.27. The summed E-state index contributed by atoms with van der Waals surface area (Å²) < 4.78 is 10.7. The number of ether oxygens (including phenoxy) is 2. The number of nitrogens with one attached hydrogen (secondary N) is 1. The Hall–Kier alpha value is -1.73. The molecule has 2 rings (SSSR count). The maximum Gasteiger partial charge on any atom is 0.121 e. The summed E-state index contributed by atoms with van der Waals surface area (Å²) in [6.07, 6.45) is 3.65. The zero-order chi connectivity index (χ0) is 12.8. The number of hydrogen-bond donors (Lipinski definition) is 1. The largest absolute Gasteiger partial charge is 0.497 e. The molecular weight excluding hydrogens is 228 g/mol. The molecule has 18 heavy (non-hydrogen) atoms. The highest BCUT2D eigenvalue weighted by Crippen LogP contribution is 2.22. The number of methoxy groups -OCH3 is 1. The van der Waals surface area contributed by atoms with Crippen molar-refractivity contribution in [3.05, 3.63) is 23.8 Å². The van der Waals surface area contributed by atoms with Gasteiger partial charge in [0, 0.05) is 19.2 Å². The van der Waals surface area contributed by atoms with Crippen LogP contribution in [0.3, 0.4) is 0 Å². The molecule has 0 spiro atoms. The summed E-state index contributed by atoms with van der Waals surface area (Å²) in [5.41, 5.74) is 1.47. The Bertz CT molecular complexity index is 434. The highest BCUT2D eigenvalue weighted by Gasteiger charge is 2.14. The highest BCUT2D eigenvalue weighted by atomic mass is 16.5. The van der Waals surface area contributed by atoms with Crippen molar-refractivity contribution in [1.29, 1.82) is 5.26 Å². The van der Waals surface area contributed by atoms with Crippen LogP contribution in [-0.2, 0) is 4.74 Å². The van der Waals surface area contributed by atoms with Crippen molar-refractivity contribution in [1.82, 2.24) is 0 Å². The molecule has 1 aromatic rings. The van der Waals surface area contributed by atoms with Gasteiger partial charge in [0.1, 0.15) is 11.8 Å². The van der Waals surface area contributed by atoms with Crippen molar-refractivity contribution in [3.8, 4) is 11.8 Å². The maximum atomic E-state index is 9.04. The van der Waals surface area contributed by atoms with Crippen molar-refractivity contribution in [2.24, 2.45) is 0 Å². The fourth-order valence-electron chi connectivity index (χ4n) is 2.13. The monoisotopic (exact) mass is 246 g/mol. The second-order valence-electron chi connectivity index (χ2n) is 4.37. The lowest BCUT2D eigenvalue weighted by Gasteiger charge is -2.12. The normalized spacial score (nSPS) is 18.3. The summed E-state index contributed by atoms with van der Waals surface area (Å²) >= 11 is 0. The molecule has 0 amide bonds. The van der Waals surface area contributed by atoms with Gasteiger partial charge in [-0.1, -0.05) is 0 Å². The van der Waals surface area contributed by atoms with Crippen molar-refractivity contribution >= 4 is 5.69 Å². The van der Waals surface area contributed by atoms with Crippen LogP contribution in [0.4, 0.5) is 5.69 Å². The van der Waals surface area contributed by atoms with Crippen molar-refractivity contribution < 1.29 is 9.47 Å². The van der Waals surface area contributed by atoms with Gasteiger partial charge in [0.05, 0.1) is 24.5 Å². The van der Waals surface area contributed by atoms with E-state index in [0.717, 1.165) is 43.9 Å². The average molecular weight is 246 g/mol. The molecule has 1 unspecified atom stereocenters. The number of nitriles is 1. The second-order valence-corrected chi connectivity index (χ2v) is 4.37. The molecule has 4 nitrogen and oxygen atoms in total. The van der Waals surface area contributed by atoms with E-state index in [1.54, 1.807) is 19.2 Å². The molecule has 1 N–H and O–H groups in total. The Morgan fingerprint density at radius 2 is 2.44 bits per heavy atom. The van der Waals surface area contributed by atoms with Crippen LogP contribution in [0.1, 0.15) is 24.8 Å². The summed E-state index contributed by atoms with van der Waals surface area (Å²) in [7, 11) is 1.62.